The molecule has 0 radical (unpaired) electrons. The molecule has 18 heavy (non-hydrogen) atoms. The molecule has 1 heterocycles. The number of carboxylic acid groups (broad SMARTS) is 1. The third-order valence-corrected chi connectivity index (χ3v) is 3.48. The van der Waals surface area contributed by atoms with Crippen molar-refractivity contribution in [3.05, 3.63) is 24.1 Å². The molecule has 0 bridgehead atoms. The normalized spacial score (nSPS) is 11.5. The van der Waals surface area contributed by atoms with Gasteiger partial charge in [0.2, 0.25) is 0 Å². The smallest absolute Gasteiger partial charge is 0.304 e. The molecular formula is C9H12FN3O4S. The number of aliphatic carboxylic acids is 1. The Balaban J connectivity index is 2.69. The van der Waals surface area contributed by atoms with Crippen molar-refractivity contribution in [2.45, 2.75) is 6.42 Å². The third kappa shape index (κ3) is 4.26. The van der Waals surface area contributed by atoms with Crippen LogP contribution < -0.4 is 4.72 Å². The minimum Gasteiger partial charge on any atom is -0.481 e. The first kappa shape index (κ1) is 14.3. The van der Waals surface area contributed by atoms with Gasteiger partial charge in [-0.05, 0) is 12.1 Å². The molecule has 0 atom stereocenters. The van der Waals surface area contributed by atoms with Crippen LogP contribution in [-0.2, 0) is 15.0 Å². The van der Waals surface area contributed by atoms with Gasteiger partial charge >= 0.3 is 16.2 Å². The molecule has 0 aliphatic rings. The third-order valence-electron chi connectivity index (χ3n) is 2.01. The monoisotopic (exact) mass is 277 g/mol. The number of carboxylic acids is 1. The lowest BCUT2D eigenvalue weighted by molar-refractivity contribution is -0.137. The molecule has 100 valence electrons. The van der Waals surface area contributed by atoms with Crippen LogP contribution in [0.4, 0.5) is 10.2 Å². The molecular weight excluding hydrogens is 265 g/mol. The Labute approximate surface area is 103 Å². The van der Waals surface area contributed by atoms with Crippen molar-refractivity contribution in [2.75, 3.05) is 18.3 Å². The van der Waals surface area contributed by atoms with Gasteiger partial charge in [0.1, 0.15) is 11.6 Å². The molecule has 9 heteroatoms. The van der Waals surface area contributed by atoms with Crippen molar-refractivity contribution in [3.8, 4) is 0 Å². The van der Waals surface area contributed by atoms with E-state index in [0.29, 0.717) is 0 Å². The average Bonchev–Trinajstić information content (AvgIpc) is 2.28. The van der Waals surface area contributed by atoms with Crippen molar-refractivity contribution < 1.29 is 22.7 Å². The summed E-state index contributed by atoms with van der Waals surface area (Å²) in [7, 11) is -2.66. The van der Waals surface area contributed by atoms with Crippen molar-refractivity contribution in [1.82, 2.24) is 9.29 Å². The summed E-state index contributed by atoms with van der Waals surface area (Å²) in [4.78, 5) is 13.9. The van der Waals surface area contributed by atoms with Crippen molar-refractivity contribution >= 4 is 22.0 Å². The first-order valence-corrected chi connectivity index (χ1v) is 6.32. The van der Waals surface area contributed by atoms with Crippen LogP contribution in [0.3, 0.4) is 0 Å². The predicted octanol–water partition coefficient (Wildman–Crippen LogP) is 0.284. The number of aromatic nitrogens is 1. The molecule has 1 rings (SSSR count). The highest BCUT2D eigenvalue weighted by atomic mass is 32.2. The van der Waals surface area contributed by atoms with Gasteiger partial charge in [0.15, 0.2) is 0 Å². The first-order valence-electron chi connectivity index (χ1n) is 4.88. The number of pyridine rings is 1. The predicted molar refractivity (Wildman–Crippen MR) is 61.6 cm³/mol. The molecule has 0 aliphatic carbocycles. The molecule has 0 unspecified atom stereocenters. The second kappa shape index (κ2) is 5.74. The van der Waals surface area contributed by atoms with Gasteiger partial charge < -0.3 is 5.11 Å². The molecule has 7 nitrogen and oxygen atoms in total. The fraction of sp³-hybridized carbons (Fsp3) is 0.333. The topological polar surface area (TPSA) is 99.6 Å². The standard InChI is InChI=1S/C9H12FN3O4S/c1-13(5-4-9(14)15)18(16,17)12-8-3-2-7(10)6-11-8/h2-3,6H,4-5H2,1H3,(H,11,12)(H,14,15). The quantitative estimate of drug-likeness (QED) is 0.778. The Kier molecular flexibility index (Phi) is 4.56. The van der Waals surface area contributed by atoms with E-state index in [4.69, 9.17) is 5.11 Å². The zero-order valence-electron chi connectivity index (χ0n) is 9.50. The molecule has 1 aromatic heterocycles. The van der Waals surface area contributed by atoms with Crippen molar-refractivity contribution in [2.24, 2.45) is 0 Å². The zero-order valence-corrected chi connectivity index (χ0v) is 10.3. The Hall–Kier alpha value is -1.74. The number of nitrogens with zero attached hydrogens (tertiary/aromatic N) is 2. The van der Waals surface area contributed by atoms with Crippen LogP contribution in [0, 0.1) is 5.82 Å². The number of nitrogens with one attached hydrogen (secondary N) is 1. The summed E-state index contributed by atoms with van der Waals surface area (Å²) in [5.74, 6) is -1.73. The Bertz CT molecular complexity index is 517. The summed E-state index contributed by atoms with van der Waals surface area (Å²) in [6.07, 6.45) is 0.559. The second-order valence-electron chi connectivity index (χ2n) is 3.43. The lowest BCUT2D eigenvalue weighted by atomic mass is 10.4. The molecule has 0 fully saturated rings. The summed E-state index contributed by atoms with van der Waals surface area (Å²) in [5.41, 5.74) is 0. The summed E-state index contributed by atoms with van der Waals surface area (Å²) in [5, 5.41) is 8.45. The molecule has 0 saturated heterocycles. The molecule has 0 aliphatic heterocycles. The molecule has 0 spiro atoms. The first-order chi connectivity index (χ1) is 8.31. The van der Waals surface area contributed by atoms with Gasteiger partial charge in [-0.2, -0.15) is 12.7 Å². The van der Waals surface area contributed by atoms with Crippen LogP contribution in [0.2, 0.25) is 0 Å². The maximum Gasteiger partial charge on any atom is 0.304 e. The van der Waals surface area contributed by atoms with E-state index >= 15 is 0 Å². The van der Waals surface area contributed by atoms with Gasteiger partial charge in [-0.1, -0.05) is 0 Å². The number of carbonyl (C=O) groups is 1. The number of hydrogen-bond acceptors (Lipinski definition) is 4. The van der Waals surface area contributed by atoms with Crippen LogP contribution >= 0.6 is 0 Å². The van der Waals surface area contributed by atoms with Gasteiger partial charge in [-0.25, -0.2) is 9.37 Å². The molecule has 0 saturated carbocycles. The van der Waals surface area contributed by atoms with E-state index in [2.05, 4.69) is 9.71 Å². The van der Waals surface area contributed by atoms with Crippen LogP contribution in [0.5, 0.6) is 0 Å². The van der Waals surface area contributed by atoms with E-state index < -0.39 is 22.0 Å². The molecule has 2 N–H and O–H groups in total. The number of hydrogen-bond donors (Lipinski definition) is 2. The lowest BCUT2D eigenvalue weighted by Gasteiger charge is -2.16. The number of anilines is 1. The minimum atomic E-state index is -3.89. The highest BCUT2D eigenvalue weighted by molar-refractivity contribution is 7.90. The minimum absolute atomic E-state index is 0.0430. The summed E-state index contributed by atoms with van der Waals surface area (Å²) < 4.78 is 38.9. The highest BCUT2D eigenvalue weighted by Gasteiger charge is 2.18. The Morgan fingerprint density at radius 1 is 1.56 bits per heavy atom. The Morgan fingerprint density at radius 3 is 2.72 bits per heavy atom. The maximum atomic E-state index is 12.6. The largest absolute Gasteiger partial charge is 0.481 e. The molecule has 0 amide bonds. The Morgan fingerprint density at radius 2 is 2.22 bits per heavy atom. The van der Waals surface area contributed by atoms with E-state index in [9.17, 15) is 17.6 Å². The number of halogens is 1. The summed E-state index contributed by atoms with van der Waals surface area (Å²) in [6, 6.07) is 2.22. The zero-order chi connectivity index (χ0) is 13.8. The fourth-order valence-electron chi connectivity index (χ4n) is 1.02. The van der Waals surface area contributed by atoms with E-state index in [1.165, 1.54) is 7.05 Å². The van der Waals surface area contributed by atoms with Gasteiger partial charge in [-0.15, -0.1) is 0 Å². The summed E-state index contributed by atoms with van der Waals surface area (Å²) >= 11 is 0. The van der Waals surface area contributed by atoms with Crippen LogP contribution in [0.25, 0.3) is 0 Å². The van der Waals surface area contributed by atoms with Gasteiger partial charge in [0.05, 0.1) is 12.6 Å². The van der Waals surface area contributed by atoms with Gasteiger partial charge in [-0.3, -0.25) is 9.52 Å². The molecule has 1 aromatic rings. The van der Waals surface area contributed by atoms with Crippen LogP contribution in [0.1, 0.15) is 6.42 Å². The second-order valence-corrected chi connectivity index (χ2v) is 5.21. The van der Waals surface area contributed by atoms with Crippen LogP contribution in [-0.4, -0.2) is 42.4 Å². The lowest BCUT2D eigenvalue weighted by Crippen LogP contribution is -2.34. The van der Waals surface area contributed by atoms with Crippen molar-refractivity contribution in [1.29, 1.82) is 0 Å². The average molecular weight is 277 g/mol. The van der Waals surface area contributed by atoms with E-state index in [-0.39, 0.29) is 18.8 Å². The number of rotatable bonds is 6. The van der Waals surface area contributed by atoms with Crippen molar-refractivity contribution in [3.63, 3.8) is 0 Å². The van der Waals surface area contributed by atoms with E-state index in [1.54, 1.807) is 0 Å². The van der Waals surface area contributed by atoms with Crippen LogP contribution in [0.15, 0.2) is 18.3 Å². The van der Waals surface area contributed by atoms with Gasteiger partial charge in [0, 0.05) is 13.6 Å². The maximum absolute atomic E-state index is 12.6. The van der Waals surface area contributed by atoms with Gasteiger partial charge in [0.25, 0.3) is 0 Å². The molecule has 0 aromatic carbocycles. The SMILES string of the molecule is CN(CCC(=O)O)S(=O)(=O)Nc1ccc(F)cn1. The summed E-state index contributed by atoms with van der Waals surface area (Å²) in [6.45, 7) is -0.175. The van der Waals surface area contributed by atoms with E-state index in [0.717, 1.165) is 22.6 Å². The highest BCUT2D eigenvalue weighted by Crippen LogP contribution is 2.08. The fourth-order valence-corrected chi connectivity index (χ4v) is 1.89. The van der Waals surface area contributed by atoms with E-state index in [1.807, 2.05) is 0 Å².